The van der Waals surface area contributed by atoms with Gasteiger partial charge in [-0.15, -0.1) is 0 Å². The van der Waals surface area contributed by atoms with E-state index in [1.54, 1.807) is 24.3 Å². The summed E-state index contributed by atoms with van der Waals surface area (Å²) in [6, 6.07) is 15.7. The number of hydrogen-bond acceptors (Lipinski definition) is 6. The molecule has 0 bridgehead atoms. The summed E-state index contributed by atoms with van der Waals surface area (Å²) >= 11 is 0. The maximum absolute atomic E-state index is 12.6. The number of amides is 2. The first-order chi connectivity index (χ1) is 13.1. The van der Waals surface area contributed by atoms with Gasteiger partial charge in [0.15, 0.2) is 12.4 Å². The van der Waals surface area contributed by atoms with Crippen molar-refractivity contribution >= 4 is 17.8 Å². The van der Waals surface area contributed by atoms with E-state index >= 15 is 0 Å². The summed E-state index contributed by atoms with van der Waals surface area (Å²) in [6.07, 6.45) is -2.65. The SMILES string of the molecule is COC(=O)C1OC(c2ccccc2)OC1CN1C(=O)c2ccccc2C1=O. The number of hydrogen-bond donors (Lipinski definition) is 0. The van der Waals surface area contributed by atoms with Crippen LogP contribution in [-0.4, -0.2) is 48.5 Å². The van der Waals surface area contributed by atoms with Crippen molar-refractivity contribution in [3.05, 3.63) is 71.3 Å². The second-order valence-electron chi connectivity index (χ2n) is 6.26. The maximum atomic E-state index is 12.6. The molecular formula is C20H17NO6. The van der Waals surface area contributed by atoms with Gasteiger partial charge in [0, 0.05) is 5.56 Å². The van der Waals surface area contributed by atoms with Crippen molar-refractivity contribution in [3.63, 3.8) is 0 Å². The highest BCUT2D eigenvalue weighted by Gasteiger charge is 2.46. The molecule has 0 aliphatic carbocycles. The zero-order chi connectivity index (χ0) is 19.0. The van der Waals surface area contributed by atoms with E-state index in [1.807, 2.05) is 30.3 Å². The summed E-state index contributed by atoms with van der Waals surface area (Å²) in [4.78, 5) is 38.4. The van der Waals surface area contributed by atoms with E-state index in [-0.39, 0.29) is 6.54 Å². The van der Waals surface area contributed by atoms with Gasteiger partial charge < -0.3 is 14.2 Å². The van der Waals surface area contributed by atoms with Gasteiger partial charge in [-0.2, -0.15) is 0 Å². The Balaban J connectivity index is 1.57. The third-order valence-corrected chi connectivity index (χ3v) is 4.65. The van der Waals surface area contributed by atoms with Crippen molar-refractivity contribution in [2.75, 3.05) is 13.7 Å². The first-order valence-electron chi connectivity index (χ1n) is 8.49. The Morgan fingerprint density at radius 3 is 2.15 bits per heavy atom. The van der Waals surface area contributed by atoms with E-state index in [2.05, 4.69) is 0 Å². The molecule has 1 fully saturated rings. The zero-order valence-electron chi connectivity index (χ0n) is 14.5. The quantitative estimate of drug-likeness (QED) is 0.607. The predicted octanol–water partition coefficient (Wildman–Crippen LogP) is 1.94. The van der Waals surface area contributed by atoms with Gasteiger partial charge in [-0.25, -0.2) is 4.79 Å². The second kappa shape index (κ2) is 6.94. The summed E-state index contributed by atoms with van der Waals surface area (Å²) < 4.78 is 16.4. The van der Waals surface area contributed by atoms with Crippen LogP contribution in [0, 0.1) is 0 Å². The third-order valence-electron chi connectivity index (χ3n) is 4.65. The Kier molecular flexibility index (Phi) is 4.47. The molecule has 2 aliphatic heterocycles. The number of esters is 1. The lowest BCUT2D eigenvalue weighted by atomic mass is 10.1. The fourth-order valence-electron chi connectivity index (χ4n) is 3.30. The second-order valence-corrected chi connectivity index (χ2v) is 6.26. The van der Waals surface area contributed by atoms with Crippen molar-refractivity contribution in [2.24, 2.45) is 0 Å². The molecule has 0 radical (unpaired) electrons. The summed E-state index contributed by atoms with van der Waals surface area (Å²) in [5, 5.41) is 0. The number of methoxy groups -OCH3 is 1. The van der Waals surface area contributed by atoms with Crippen LogP contribution in [0.25, 0.3) is 0 Å². The molecule has 2 aromatic rings. The lowest BCUT2D eigenvalue weighted by Crippen LogP contribution is -2.43. The highest BCUT2D eigenvalue weighted by molar-refractivity contribution is 6.21. The third kappa shape index (κ3) is 3.01. The average Bonchev–Trinajstić information content (AvgIpc) is 3.24. The molecule has 2 amide bonds. The van der Waals surface area contributed by atoms with Gasteiger partial charge in [-0.05, 0) is 12.1 Å². The smallest absolute Gasteiger partial charge is 0.337 e. The molecule has 0 spiro atoms. The molecule has 27 heavy (non-hydrogen) atoms. The number of benzene rings is 2. The Bertz CT molecular complexity index is 861. The van der Waals surface area contributed by atoms with Crippen molar-refractivity contribution in [3.8, 4) is 0 Å². The van der Waals surface area contributed by atoms with Gasteiger partial charge in [0.25, 0.3) is 11.8 Å². The number of ether oxygens (including phenoxy) is 3. The topological polar surface area (TPSA) is 82.1 Å². The Morgan fingerprint density at radius 1 is 0.963 bits per heavy atom. The highest BCUT2D eigenvalue weighted by Crippen LogP contribution is 2.33. The van der Waals surface area contributed by atoms with E-state index in [9.17, 15) is 14.4 Å². The largest absolute Gasteiger partial charge is 0.467 e. The molecular weight excluding hydrogens is 350 g/mol. The van der Waals surface area contributed by atoms with Gasteiger partial charge >= 0.3 is 5.97 Å². The minimum absolute atomic E-state index is 0.102. The molecule has 3 atom stereocenters. The van der Waals surface area contributed by atoms with Gasteiger partial charge in [0.2, 0.25) is 0 Å². The van der Waals surface area contributed by atoms with E-state index in [4.69, 9.17) is 14.2 Å². The Morgan fingerprint density at radius 2 is 1.56 bits per heavy atom. The van der Waals surface area contributed by atoms with Crippen LogP contribution in [0.2, 0.25) is 0 Å². The minimum Gasteiger partial charge on any atom is -0.467 e. The van der Waals surface area contributed by atoms with E-state index in [0.717, 1.165) is 10.5 Å². The molecule has 3 unspecified atom stereocenters. The summed E-state index contributed by atoms with van der Waals surface area (Å²) in [7, 11) is 1.25. The molecule has 0 aromatic heterocycles. The lowest BCUT2D eigenvalue weighted by molar-refractivity contribution is -0.154. The monoisotopic (exact) mass is 367 g/mol. The normalized spacial score (nSPS) is 24.2. The fourth-order valence-corrected chi connectivity index (χ4v) is 3.30. The van der Waals surface area contributed by atoms with Gasteiger partial charge in [-0.3, -0.25) is 14.5 Å². The van der Waals surface area contributed by atoms with Crippen molar-refractivity contribution < 1.29 is 28.6 Å². The van der Waals surface area contributed by atoms with Crippen LogP contribution < -0.4 is 0 Å². The van der Waals surface area contributed by atoms with Gasteiger partial charge in [0.1, 0.15) is 6.10 Å². The van der Waals surface area contributed by atoms with E-state index in [0.29, 0.717) is 11.1 Å². The number of carbonyl (C=O) groups excluding carboxylic acids is 3. The number of carbonyl (C=O) groups is 3. The average molecular weight is 367 g/mol. The first kappa shape index (κ1) is 17.4. The molecule has 2 heterocycles. The Hall–Kier alpha value is -3.03. The summed E-state index contributed by atoms with van der Waals surface area (Å²) in [5.74, 6) is -1.44. The molecule has 4 rings (SSSR count). The number of fused-ring (bicyclic) bond motifs is 1. The van der Waals surface area contributed by atoms with Crippen molar-refractivity contribution in [1.29, 1.82) is 0 Å². The summed E-state index contributed by atoms with van der Waals surface area (Å²) in [6.45, 7) is -0.102. The van der Waals surface area contributed by atoms with Crippen molar-refractivity contribution in [1.82, 2.24) is 4.90 Å². The van der Waals surface area contributed by atoms with Crippen LogP contribution in [0.1, 0.15) is 32.6 Å². The van der Waals surface area contributed by atoms with Gasteiger partial charge in [0.05, 0.1) is 24.8 Å². The Labute approximate surface area is 155 Å². The van der Waals surface area contributed by atoms with Crippen LogP contribution in [0.5, 0.6) is 0 Å². The molecule has 2 aromatic carbocycles. The van der Waals surface area contributed by atoms with E-state index in [1.165, 1.54) is 7.11 Å². The fraction of sp³-hybridized carbons (Fsp3) is 0.250. The first-order valence-corrected chi connectivity index (χ1v) is 8.49. The van der Waals surface area contributed by atoms with Crippen LogP contribution in [0.15, 0.2) is 54.6 Å². The zero-order valence-corrected chi connectivity index (χ0v) is 14.5. The lowest BCUT2D eigenvalue weighted by Gasteiger charge is -2.20. The van der Waals surface area contributed by atoms with Crippen LogP contribution >= 0.6 is 0 Å². The molecule has 1 saturated heterocycles. The number of imide groups is 1. The highest BCUT2D eigenvalue weighted by atomic mass is 16.7. The molecule has 7 nitrogen and oxygen atoms in total. The molecule has 0 N–H and O–H groups in total. The molecule has 7 heteroatoms. The minimum atomic E-state index is -1.04. The van der Waals surface area contributed by atoms with Crippen LogP contribution in [-0.2, 0) is 19.0 Å². The summed E-state index contributed by atoms with van der Waals surface area (Å²) in [5.41, 5.74) is 1.42. The van der Waals surface area contributed by atoms with Gasteiger partial charge in [-0.1, -0.05) is 42.5 Å². The molecule has 138 valence electrons. The van der Waals surface area contributed by atoms with Crippen LogP contribution in [0.3, 0.4) is 0 Å². The predicted molar refractivity (Wildman–Crippen MR) is 92.8 cm³/mol. The maximum Gasteiger partial charge on any atom is 0.337 e. The van der Waals surface area contributed by atoms with Crippen molar-refractivity contribution in [2.45, 2.75) is 18.5 Å². The standard InChI is InChI=1S/C20H17NO6/c1-25-19(24)16-15(26-20(27-16)12-7-3-2-4-8-12)11-21-17(22)13-9-5-6-10-14(13)18(21)23/h2-10,15-16,20H,11H2,1H3. The van der Waals surface area contributed by atoms with E-state index < -0.39 is 36.3 Å². The molecule has 0 saturated carbocycles. The molecule has 2 aliphatic rings. The number of nitrogens with zero attached hydrogens (tertiary/aromatic N) is 1. The van der Waals surface area contributed by atoms with Crippen LogP contribution in [0.4, 0.5) is 0 Å². The number of rotatable bonds is 4.